The molecule has 5 heteroatoms. The lowest BCUT2D eigenvalue weighted by Crippen LogP contribution is -2.26. The highest BCUT2D eigenvalue weighted by molar-refractivity contribution is 6.22. The van der Waals surface area contributed by atoms with Crippen molar-refractivity contribution in [3.8, 4) is 6.07 Å². The van der Waals surface area contributed by atoms with Crippen molar-refractivity contribution < 1.29 is 0 Å². The number of nitriles is 1. The van der Waals surface area contributed by atoms with Gasteiger partial charge in [0.15, 0.2) is 0 Å². The molecule has 0 aliphatic heterocycles. The second kappa shape index (κ2) is 4.15. The molecule has 0 fully saturated rings. The summed E-state index contributed by atoms with van der Waals surface area (Å²) < 4.78 is 2.99. The van der Waals surface area contributed by atoms with Gasteiger partial charge in [0.1, 0.15) is 5.38 Å². The van der Waals surface area contributed by atoms with Gasteiger partial charge in [-0.2, -0.15) is 5.26 Å². The Balaban J connectivity index is 2.86. The van der Waals surface area contributed by atoms with E-state index in [4.69, 9.17) is 16.9 Å². The van der Waals surface area contributed by atoms with Gasteiger partial charge in [-0.3, -0.25) is 9.13 Å². The van der Waals surface area contributed by atoms with Crippen molar-refractivity contribution in [1.82, 2.24) is 9.13 Å². The molecule has 0 spiro atoms. The van der Waals surface area contributed by atoms with Crippen LogP contribution in [0.1, 0.15) is 6.92 Å². The zero-order valence-corrected chi connectivity index (χ0v) is 8.03. The number of alkyl halides is 1. The van der Waals surface area contributed by atoms with Gasteiger partial charge in [0, 0.05) is 18.9 Å². The summed E-state index contributed by atoms with van der Waals surface area (Å²) >= 11 is 5.59. The van der Waals surface area contributed by atoms with E-state index in [1.165, 1.54) is 4.57 Å². The fourth-order valence-corrected chi connectivity index (χ4v) is 1.20. The third-order valence-corrected chi connectivity index (χ3v) is 1.99. The molecule has 70 valence electrons. The quantitative estimate of drug-likeness (QED) is 0.677. The molecular formula is C8H10ClN3O. The van der Waals surface area contributed by atoms with Gasteiger partial charge in [0.2, 0.25) is 0 Å². The summed E-state index contributed by atoms with van der Waals surface area (Å²) in [5.41, 5.74) is -0.122. The average Bonchev–Trinajstić information content (AvgIpc) is 2.48. The fourth-order valence-electron chi connectivity index (χ4n) is 1.05. The number of hydrogen-bond donors (Lipinski definition) is 0. The maximum Gasteiger partial charge on any atom is 0.328 e. The largest absolute Gasteiger partial charge is 0.328 e. The molecule has 0 radical (unpaired) electrons. The van der Waals surface area contributed by atoms with E-state index in [0.29, 0.717) is 6.54 Å². The summed E-state index contributed by atoms with van der Waals surface area (Å²) in [6.45, 7) is 2.75. The molecule has 1 aromatic rings. The van der Waals surface area contributed by atoms with E-state index >= 15 is 0 Å². The molecule has 1 atom stereocenters. The zero-order chi connectivity index (χ0) is 9.84. The maximum absolute atomic E-state index is 11.4. The summed E-state index contributed by atoms with van der Waals surface area (Å²) in [6, 6.07) is 1.86. The number of hydrogen-bond acceptors (Lipinski definition) is 2. The smallest absolute Gasteiger partial charge is 0.300 e. The highest BCUT2D eigenvalue weighted by atomic mass is 35.5. The van der Waals surface area contributed by atoms with Crippen LogP contribution in [0.25, 0.3) is 0 Å². The molecule has 0 aromatic carbocycles. The summed E-state index contributed by atoms with van der Waals surface area (Å²) in [5, 5.41) is 7.80. The Hall–Kier alpha value is -1.21. The summed E-state index contributed by atoms with van der Waals surface area (Å²) in [5.74, 6) is 0. The standard InChI is InChI=1S/C8H10ClN3O/c1-2-11-3-4-12(8(11)13)6-7(9)5-10/h3-4,7H,2,6H2,1H3. The first kappa shape index (κ1) is 9.87. The van der Waals surface area contributed by atoms with Crippen LogP contribution in [-0.4, -0.2) is 14.5 Å². The molecule has 13 heavy (non-hydrogen) atoms. The molecule has 0 N–H and O–H groups in total. The minimum Gasteiger partial charge on any atom is -0.300 e. The van der Waals surface area contributed by atoms with Gasteiger partial charge in [-0.15, -0.1) is 11.6 Å². The number of nitrogens with zero attached hydrogens (tertiary/aromatic N) is 3. The monoisotopic (exact) mass is 199 g/mol. The second-order valence-corrected chi connectivity index (χ2v) is 3.14. The number of halogens is 1. The molecule has 0 aliphatic rings. The lowest BCUT2D eigenvalue weighted by molar-refractivity contribution is 0.638. The minimum atomic E-state index is -0.648. The molecule has 0 bridgehead atoms. The lowest BCUT2D eigenvalue weighted by Gasteiger charge is -2.00. The Morgan fingerprint density at radius 2 is 2.23 bits per heavy atom. The van der Waals surface area contributed by atoms with Crippen LogP contribution in [0.15, 0.2) is 17.2 Å². The van der Waals surface area contributed by atoms with Crippen LogP contribution >= 0.6 is 11.6 Å². The van der Waals surface area contributed by atoms with E-state index in [0.717, 1.165) is 0 Å². The Morgan fingerprint density at radius 1 is 1.62 bits per heavy atom. The van der Waals surface area contributed by atoms with Gasteiger partial charge in [-0.05, 0) is 6.92 Å². The highest BCUT2D eigenvalue weighted by Gasteiger charge is 2.06. The van der Waals surface area contributed by atoms with Gasteiger partial charge in [-0.25, -0.2) is 4.79 Å². The topological polar surface area (TPSA) is 50.7 Å². The van der Waals surface area contributed by atoms with Crippen molar-refractivity contribution in [3.63, 3.8) is 0 Å². The highest BCUT2D eigenvalue weighted by Crippen LogP contribution is 1.96. The maximum atomic E-state index is 11.4. The zero-order valence-electron chi connectivity index (χ0n) is 7.27. The third kappa shape index (κ3) is 2.13. The first-order valence-electron chi connectivity index (χ1n) is 3.98. The van der Waals surface area contributed by atoms with Gasteiger partial charge in [0.25, 0.3) is 0 Å². The predicted molar refractivity (Wildman–Crippen MR) is 49.6 cm³/mol. The third-order valence-electron chi connectivity index (χ3n) is 1.76. The van der Waals surface area contributed by atoms with Gasteiger partial charge < -0.3 is 0 Å². The number of imidazole rings is 1. The summed E-state index contributed by atoms with van der Waals surface area (Å²) in [4.78, 5) is 11.4. The van der Waals surface area contributed by atoms with E-state index in [1.54, 1.807) is 17.0 Å². The second-order valence-electron chi connectivity index (χ2n) is 2.62. The predicted octanol–water partition coefficient (Wildman–Crippen LogP) is 0.801. The number of aromatic nitrogens is 2. The molecule has 0 amide bonds. The molecule has 0 saturated heterocycles. The SMILES string of the molecule is CCn1ccn(CC(Cl)C#N)c1=O. The van der Waals surface area contributed by atoms with E-state index in [1.807, 2.05) is 13.0 Å². The Kier molecular flexibility index (Phi) is 3.15. The van der Waals surface area contributed by atoms with Crippen molar-refractivity contribution in [2.45, 2.75) is 25.4 Å². The molecule has 1 aromatic heterocycles. The molecule has 1 rings (SSSR count). The average molecular weight is 200 g/mol. The van der Waals surface area contributed by atoms with Crippen molar-refractivity contribution in [2.75, 3.05) is 0 Å². The normalized spacial score (nSPS) is 12.4. The van der Waals surface area contributed by atoms with Crippen LogP contribution in [0.2, 0.25) is 0 Å². The Morgan fingerprint density at radius 3 is 2.69 bits per heavy atom. The first-order chi connectivity index (χ1) is 6.19. The fraction of sp³-hybridized carbons (Fsp3) is 0.500. The van der Waals surface area contributed by atoms with Crippen molar-refractivity contribution in [3.05, 3.63) is 22.9 Å². The van der Waals surface area contributed by atoms with E-state index in [-0.39, 0.29) is 12.2 Å². The molecular weight excluding hydrogens is 190 g/mol. The van der Waals surface area contributed by atoms with Crippen molar-refractivity contribution in [2.24, 2.45) is 0 Å². The Bertz CT molecular complexity index is 373. The summed E-state index contributed by atoms with van der Waals surface area (Å²) in [6.07, 6.45) is 3.32. The Labute approximate surface area is 81.0 Å². The van der Waals surface area contributed by atoms with E-state index in [9.17, 15) is 4.79 Å². The van der Waals surface area contributed by atoms with Crippen LogP contribution in [0.3, 0.4) is 0 Å². The molecule has 0 saturated carbocycles. The van der Waals surface area contributed by atoms with E-state index in [2.05, 4.69) is 0 Å². The van der Waals surface area contributed by atoms with Crippen molar-refractivity contribution in [1.29, 1.82) is 5.26 Å². The van der Waals surface area contributed by atoms with E-state index < -0.39 is 5.38 Å². The van der Waals surface area contributed by atoms with Crippen molar-refractivity contribution >= 4 is 11.6 Å². The van der Waals surface area contributed by atoms with Gasteiger partial charge in [0.05, 0.1) is 12.6 Å². The molecule has 4 nitrogen and oxygen atoms in total. The summed E-state index contributed by atoms with van der Waals surface area (Å²) in [7, 11) is 0. The molecule has 1 heterocycles. The number of aryl methyl sites for hydroxylation is 1. The number of rotatable bonds is 3. The van der Waals surface area contributed by atoms with Gasteiger partial charge >= 0.3 is 5.69 Å². The van der Waals surface area contributed by atoms with Gasteiger partial charge in [-0.1, -0.05) is 0 Å². The van der Waals surface area contributed by atoms with Crippen LogP contribution < -0.4 is 5.69 Å². The lowest BCUT2D eigenvalue weighted by atomic mass is 10.4. The van der Waals surface area contributed by atoms with Crippen LogP contribution in [0, 0.1) is 11.3 Å². The molecule has 0 aliphatic carbocycles. The van der Waals surface area contributed by atoms with Crippen LogP contribution in [0.4, 0.5) is 0 Å². The van der Waals surface area contributed by atoms with Crippen LogP contribution in [-0.2, 0) is 13.1 Å². The molecule has 1 unspecified atom stereocenters. The first-order valence-corrected chi connectivity index (χ1v) is 4.42. The minimum absolute atomic E-state index is 0.122. The van der Waals surface area contributed by atoms with Crippen LogP contribution in [0.5, 0.6) is 0 Å².